The van der Waals surface area contributed by atoms with Gasteiger partial charge in [0, 0.05) is 0 Å². The quantitative estimate of drug-likeness (QED) is 0.885. The highest BCUT2D eigenvalue weighted by Crippen LogP contribution is 2.20. The molecule has 0 fully saturated rings. The zero-order valence-electron chi connectivity index (χ0n) is 10.8. The minimum absolute atomic E-state index is 0.0632. The van der Waals surface area contributed by atoms with Gasteiger partial charge in [0.25, 0.3) is 0 Å². The maximum Gasteiger partial charge on any atom is 0.358 e. The predicted molar refractivity (Wildman–Crippen MR) is 68.4 cm³/mol. The molecule has 0 aliphatic carbocycles. The molecule has 0 saturated heterocycles. The molecule has 0 unspecified atom stereocenters. The number of ether oxygens (including phenoxy) is 1. The lowest BCUT2D eigenvalue weighted by Gasteiger charge is -2.10. The number of hydrogen-bond acceptors (Lipinski definition) is 4. The largest absolute Gasteiger partial charge is 0.491 e. The lowest BCUT2D eigenvalue weighted by atomic mass is 10.1. The van der Waals surface area contributed by atoms with E-state index < -0.39 is 5.97 Å². The fourth-order valence-electron chi connectivity index (χ4n) is 1.64. The van der Waals surface area contributed by atoms with Gasteiger partial charge in [-0.2, -0.15) is 0 Å². The number of nitrogens with zero attached hydrogens (tertiary/aromatic N) is 3. The van der Waals surface area contributed by atoms with Crippen LogP contribution in [-0.4, -0.2) is 32.7 Å². The molecule has 2 aromatic rings. The van der Waals surface area contributed by atoms with E-state index in [0.29, 0.717) is 13.2 Å². The third-order valence-electron chi connectivity index (χ3n) is 2.89. The number of carboxylic acid groups (broad SMARTS) is 1. The van der Waals surface area contributed by atoms with E-state index in [2.05, 4.69) is 10.3 Å². The monoisotopic (exact) mass is 261 g/mol. The molecule has 6 nitrogen and oxygen atoms in total. The summed E-state index contributed by atoms with van der Waals surface area (Å²) in [6.07, 6.45) is 1.38. The summed E-state index contributed by atoms with van der Waals surface area (Å²) in [4.78, 5) is 10.6. The molecule has 0 atom stereocenters. The third-order valence-corrected chi connectivity index (χ3v) is 2.89. The van der Waals surface area contributed by atoms with E-state index in [9.17, 15) is 4.79 Å². The predicted octanol–water partition coefficient (Wildman–Crippen LogP) is 1.67. The van der Waals surface area contributed by atoms with Crippen LogP contribution in [0, 0.1) is 13.8 Å². The maximum absolute atomic E-state index is 10.6. The van der Waals surface area contributed by atoms with Gasteiger partial charge in [-0.3, -0.25) is 0 Å². The van der Waals surface area contributed by atoms with Crippen molar-refractivity contribution < 1.29 is 14.6 Å². The van der Waals surface area contributed by atoms with Crippen molar-refractivity contribution in [1.82, 2.24) is 15.0 Å². The summed E-state index contributed by atoms with van der Waals surface area (Å²) in [5.41, 5.74) is 2.21. The second-order valence-electron chi connectivity index (χ2n) is 4.22. The standard InChI is InChI=1S/C13H15N3O3/c1-9-4-3-5-12(10(9)2)19-7-6-16-8-11(13(17)18)14-15-16/h3-5,8H,6-7H2,1-2H3,(H,17,18). The molecule has 1 N–H and O–H groups in total. The zero-order valence-corrected chi connectivity index (χ0v) is 10.8. The highest BCUT2D eigenvalue weighted by molar-refractivity contribution is 5.84. The number of benzene rings is 1. The molecule has 6 heteroatoms. The Balaban J connectivity index is 1.92. The van der Waals surface area contributed by atoms with Crippen LogP contribution in [0.4, 0.5) is 0 Å². The van der Waals surface area contributed by atoms with E-state index in [-0.39, 0.29) is 5.69 Å². The lowest BCUT2D eigenvalue weighted by Crippen LogP contribution is -2.09. The van der Waals surface area contributed by atoms with Crippen molar-refractivity contribution in [3.63, 3.8) is 0 Å². The number of carboxylic acids is 1. The van der Waals surface area contributed by atoms with Crippen LogP contribution in [0.25, 0.3) is 0 Å². The topological polar surface area (TPSA) is 77.2 Å². The Morgan fingerprint density at radius 2 is 2.21 bits per heavy atom. The number of hydrogen-bond donors (Lipinski definition) is 1. The Hall–Kier alpha value is -2.37. The van der Waals surface area contributed by atoms with Crippen molar-refractivity contribution in [2.75, 3.05) is 6.61 Å². The van der Waals surface area contributed by atoms with E-state index in [1.807, 2.05) is 32.0 Å². The van der Waals surface area contributed by atoms with Gasteiger partial charge in [-0.15, -0.1) is 5.10 Å². The first-order valence-electron chi connectivity index (χ1n) is 5.90. The summed E-state index contributed by atoms with van der Waals surface area (Å²) in [5.74, 6) is -0.250. The normalized spacial score (nSPS) is 10.4. The van der Waals surface area contributed by atoms with Crippen LogP contribution >= 0.6 is 0 Å². The Kier molecular flexibility index (Phi) is 3.79. The number of rotatable bonds is 5. The summed E-state index contributed by atoms with van der Waals surface area (Å²) in [6.45, 7) is 4.89. The van der Waals surface area contributed by atoms with Crippen molar-refractivity contribution in [2.45, 2.75) is 20.4 Å². The number of aromatic carboxylic acids is 1. The molecule has 1 heterocycles. The summed E-state index contributed by atoms with van der Waals surface area (Å²) in [7, 11) is 0. The van der Waals surface area contributed by atoms with Gasteiger partial charge in [-0.25, -0.2) is 9.48 Å². The van der Waals surface area contributed by atoms with Gasteiger partial charge in [-0.1, -0.05) is 17.3 Å². The van der Waals surface area contributed by atoms with Gasteiger partial charge in [0.05, 0.1) is 12.7 Å². The van der Waals surface area contributed by atoms with E-state index in [0.717, 1.165) is 11.3 Å². The molecule has 0 saturated carbocycles. The van der Waals surface area contributed by atoms with Gasteiger partial charge in [-0.05, 0) is 31.0 Å². The fourth-order valence-corrected chi connectivity index (χ4v) is 1.64. The Morgan fingerprint density at radius 1 is 1.42 bits per heavy atom. The number of aryl methyl sites for hydroxylation is 1. The van der Waals surface area contributed by atoms with Gasteiger partial charge >= 0.3 is 5.97 Å². The highest BCUT2D eigenvalue weighted by atomic mass is 16.5. The fraction of sp³-hybridized carbons (Fsp3) is 0.308. The maximum atomic E-state index is 10.6. The van der Waals surface area contributed by atoms with E-state index in [1.165, 1.54) is 16.4 Å². The Bertz CT molecular complexity index is 593. The molecule has 1 aromatic carbocycles. The molecule has 0 radical (unpaired) electrons. The first kappa shape index (κ1) is 13.1. The number of carbonyl (C=O) groups is 1. The molecular weight excluding hydrogens is 246 g/mol. The van der Waals surface area contributed by atoms with Gasteiger partial charge < -0.3 is 9.84 Å². The minimum atomic E-state index is -1.08. The van der Waals surface area contributed by atoms with E-state index in [1.54, 1.807) is 0 Å². The van der Waals surface area contributed by atoms with Crippen LogP contribution in [0.2, 0.25) is 0 Å². The van der Waals surface area contributed by atoms with Crippen LogP contribution in [0.5, 0.6) is 5.75 Å². The molecule has 0 bridgehead atoms. The van der Waals surface area contributed by atoms with Gasteiger partial charge in [0.1, 0.15) is 12.4 Å². The molecule has 100 valence electrons. The number of aromatic nitrogens is 3. The van der Waals surface area contributed by atoms with Crippen LogP contribution < -0.4 is 4.74 Å². The smallest absolute Gasteiger partial charge is 0.358 e. The Labute approximate surface area is 110 Å². The van der Waals surface area contributed by atoms with Crippen LogP contribution in [-0.2, 0) is 6.54 Å². The van der Waals surface area contributed by atoms with Gasteiger partial charge in [0.2, 0.25) is 0 Å². The second-order valence-corrected chi connectivity index (χ2v) is 4.22. The molecule has 0 spiro atoms. The highest BCUT2D eigenvalue weighted by Gasteiger charge is 2.08. The van der Waals surface area contributed by atoms with Crippen molar-refractivity contribution in [3.8, 4) is 5.75 Å². The van der Waals surface area contributed by atoms with Gasteiger partial charge in [0.15, 0.2) is 5.69 Å². The van der Waals surface area contributed by atoms with E-state index in [4.69, 9.17) is 9.84 Å². The molecule has 2 rings (SSSR count). The van der Waals surface area contributed by atoms with Crippen molar-refractivity contribution in [1.29, 1.82) is 0 Å². The van der Waals surface area contributed by atoms with E-state index >= 15 is 0 Å². The molecule has 0 aliphatic rings. The molecule has 1 aromatic heterocycles. The molecule has 0 aliphatic heterocycles. The molecule has 0 amide bonds. The summed E-state index contributed by atoms with van der Waals surface area (Å²) in [6, 6.07) is 5.88. The van der Waals surface area contributed by atoms with Crippen molar-refractivity contribution in [2.24, 2.45) is 0 Å². The summed E-state index contributed by atoms with van der Waals surface area (Å²) in [5, 5.41) is 16.0. The average molecular weight is 261 g/mol. The minimum Gasteiger partial charge on any atom is -0.491 e. The first-order chi connectivity index (χ1) is 9.08. The summed E-state index contributed by atoms with van der Waals surface area (Å²) < 4.78 is 7.11. The van der Waals surface area contributed by atoms with Crippen molar-refractivity contribution >= 4 is 5.97 Å². The third kappa shape index (κ3) is 3.09. The molecular formula is C13H15N3O3. The lowest BCUT2D eigenvalue weighted by molar-refractivity contribution is 0.0690. The van der Waals surface area contributed by atoms with Crippen LogP contribution in [0.3, 0.4) is 0 Å². The summed E-state index contributed by atoms with van der Waals surface area (Å²) >= 11 is 0. The first-order valence-corrected chi connectivity index (χ1v) is 5.90. The second kappa shape index (κ2) is 5.51. The van der Waals surface area contributed by atoms with Crippen LogP contribution in [0.15, 0.2) is 24.4 Å². The zero-order chi connectivity index (χ0) is 13.8. The van der Waals surface area contributed by atoms with Crippen molar-refractivity contribution in [3.05, 3.63) is 41.2 Å². The SMILES string of the molecule is Cc1cccc(OCCn2cc(C(=O)O)nn2)c1C. The average Bonchev–Trinajstić information content (AvgIpc) is 2.83. The Morgan fingerprint density at radius 3 is 2.89 bits per heavy atom. The molecule has 19 heavy (non-hydrogen) atoms. The van der Waals surface area contributed by atoms with Crippen LogP contribution in [0.1, 0.15) is 21.6 Å².